The molecule has 0 saturated heterocycles. The Bertz CT molecular complexity index is 676. The second kappa shape index (κ2) is 4.38. The zero-order chi connectivity index (χ0) is 13.6. The van der Waals surface area contributed by atoms with Crippen molar-refractivity contribution in [3.63, 3.8) is 0 Å². The van der Waals surface area contributed by atoms with E-state index in [1.807, 2.05) is 25.1 Å². The lowest BCUT2D eigenvalue weighted by Gasteiger charge is -2.08. The van der Waals surface area contributed by atoms with Gasteiger partial charge in [-0.25, -0.2) is 9.48 Å². The van der Waals surface area contributed by atoms with E-state index in [1.54, 1.807) is 4.68 Å². The topological polar surface area (TPSA) is 55.1 Å². The lowest BCUT2D eigenvalue weighted by atomic mass is 10.2. The van der Waals surface area contributed by atoms with Crippen molar-refractivity contribution in [3.05, 3.63) is 45.7 Å². The fraction of sp³-hybridized carbons (Fsp3) is 0.286. The van der Waals surface area contributed by atoms with E-state index in [0.29, 0.717) is 5.02 Å². The van der Waals surface area contributed by atoms with E-state index in [-0.39, 0.29) is 5.69 Å². The Morgan fingerprint density at radius 2 is 2.21 bits per heavy atom. The van der Waals surface area contributed by atoms with Gasteiger partial charge in [0.2, 0.25) is 0 Å². The van der Waals surface area contributed by atoms with Crippen molar-refractivity contribution in [1.82, 2.24) is 9.78 Å². The molecule has 1 N–H and O–H groups in total. The number of hydrogen-bond donors (Lipinski definition) is 1. The average Bonchev–Trinajstić information content (AvgIpc) is 2.93. The maximum Gasteiger partial charge on any atom is 0.356 e. The van der Waals surface area contributed by atoms with Crippen molar-refractivity contribution in [2.75, 3.05) is 0 Å². The van der Waals surface area contributed by atoms with Gasteiger partial charge in [0.15, 0.2) is 5.69 Å². The molecule has 0 fully saturated rings. The number of halogens is 1. The molecule has 4 nitrogen and oxygen atoms in total. The summed E-state index contributed by atoms with van der Waals surface area (Å²) in [5.41, 5.74) is 3.81. The molecule has 1 aliphatic carbocycles. The summed E-state index contributed by atoms with van der Waals surface area (Å²) in [6, 6.07) is 5.67. The zero-order valence-electron chi connectivity index (χ0n) is 10.5. The summed E-state index contributed by atoms with van der Waals surface area (Å²) in [5.74, 6) is -0.972. The molecule has 0 spiro atoms. The normalized spacial score (nSPS) is 13.6. The van der Waals surface area contributed by atoms with Gasteiger partial charge in [0.25, 0.3) is 0 Å². The number of benzene rings is 1. The fourth-order valence-electron chi connectivity index (χ4n) is 2.59. The number of rotatable bonds is 2. The summed E-state index contributed by atoms with van der Waals surface area (Å²) >= 11 is 6.21. The third-order valence-electron chi connectivity index (χ3n) is 3.46. The predicted molar refractivity (Wildman–Crippen MR) is 72.3 cm³/mol. The molecule has 0 unspecified atom stereocenters. The number of aryl methyl sites for hydroxylation is 1. The van der Waals surface area contributed by atoms with Gasteiger partial charge in [-0.05, 0) is 43.9 Å². The number of carboxylic acids is 1. The third-order valence-corrected chi connectivity index (χ3v) is 3.78. The Hall–Kier alpha value is -1.81. The van der Waals surface area contributed by atoms with E-state index >= 15 is 0 Å². The van der Waals surface area contributed by atoms with Gasteiger partial charge in [0, 0.05) is 11.3 Å². The summed E-state index contributed by atoms with van der Waals surface area (Å²) in [7, 11) is 0. The standard InChI is InChI=1S/C14H13ClN2O2/c1-8-5-6-10(15)12(7-8)17-11-4-2-3-9(11)13(16-17)14(18)19/h5-7H,2-4H2,1H3,(H,18,19). The highest BCUT2D eigenvalue weighted by Gasteiger charge is 2.27. The van der Waals surface area contributed by atoms with Crippen molar-refractivity contribution in [2.24, 2.45) is 0 Å². The molecule has 2 aromatic rings. The molecule has 0 amide bonds. The van der Waals surface area contributed by atoms with E-state index in [4.69, 9.17) is 11.6 Å². The molecule has 1 aromatic carbocycles. The van der Waals surface area contributed by atoms with E-state index in [9.17, 15) is 9.90 Å². The number of nitrogens with zero attached hydrogens (tertiary/aromatic N) is 2. The molecule has 1 aliphatic rings. The van der Waals surface area contributed by atoms with Gasteiger partial charge in [-0.3, -0.25) is 0 Å². The highest BCUT2D eigenvalue weighted by Crippen LogP contribution is 2.30. The SMILES string of the molecule is Cc1ccc(Cl)c(-n2nc(C(=O)O)c3c2CCC3)c1. The van der Waals surface area contributed by atoms with Crippen LogP contribution in [0.1, 0.15) is 33.7 Å². The molecule has 5 heteroatoms. The van der Waals surface area contributed by atoms with E-state index in [1.165, 1.54) is 0 Å². The van der Waals surface area contributed by atoms with Gasteiger partial charge in [-0.2, -0.15) is 5.10 Å². The first-order valence-electron chi connectivity index (χ1n) is 6.18. The average molecular weight is 277 g/mol. The minimum absolute atomic E-state index is 0.157. The maximum absolute atomic E-state index is 11.2. The molecule has 0 saturated carbocycles. The molecular formula is C14H13ClN2O2. The first-order valence-corrected chi connectivity index (χ1v) is 6.56. The Labute approximate surface area is 115 Å². The molecule has 19 heavy (non-hydrogen) atoms. The van der Waals surface area contributed by atoms with Crippen LogP contribution in [0.3, 0.4) is 0 Å². The van der Waals surface area contributed by atoms with Gasteiger partial charge in [0.1, 0.15) is 0 Å². The molecule has 0 bridgehead atoms. The van der Waals surface area contributed by atoms with Crippen LogP contribution in [0.4, 0.5) is 0 Å². The molecule has 0 aliphatic heterocycles. The Morgan fingerprint density at radius 3 is 2.95 bits per heavy atom. The molecular weight excluding hydrogens is 264 g/mol. The second-order valence-electron chi connectivity index (χ2n) is 4.80. The van der Waals surface area contributed by atoms with Gasteiger partial charge in [-0.15, -0.1) is 0 Å². The first kappa shape index (κ1) is 12.2. The minimum Gasteiger partial charge on any atom is -0.476 e. The second-order valence-corrected chi connectivity index (χ2v) is 5.21. The van der Waals surface area contributed by atoms with Crippen molar-refractivity contribution in [3.8, 4) is 5.69 Å². The van der Waals surface area contributed by atoms with Gasteiger partial charge in [-0.1, -0.05) is 17.7 Å². The number of aromatic nitrogens is 2. The smallest absolute Gasteiger partial charge is 0.356 e. The Morgan fingerprint density at radius 1 is 1.42 bits per heavy atom. The monoisotopic (exact) mass is 276 g/mol. The van der Waals surface area contributed by atoms with E-state index in [0.717, 1.165) is 41.8 Å². The lowest BCUT2D eigenvalue weighted by molar-refractivity contribution is 0.0689. The number of aromatic carboxylic acids is 1. The van der Waals surface area contributed by atoms with Crippen molar-refractivity contribution in [2.45, 2.75) is 26.2 Å². The zero-order valence-corrected chi connectivity index (χ0v) is 11.2. The summed E-state index contributed by atoms with van der Waals surface area (Å²) in [5, 5.41) is 14.0. The highest BCUT2D eigenvalue weighted by atomic mass is 35.5. The van der Waals surface area contributed by atoms with E-state index in [2.05, 4.69) is 5.10 Å². The predicted octanol–water partition coefficient (Wildman–Crippen LogP) is 3.02. The Balaban J connectivity index is 2.23. The molecule has 3 rings (SSSR count). The molecule has 0 radical (unpaired) electrons. The lowest BCUT2D eigenvalue weighted by Crippen LogP contribution is -2.05. The van der Waals surface area contributed by atoms with Crippen LogP contribution in [0, 0.1) is 6.92 Å². The largest absolute Gasteiger partial charge is 0.476 e. The molecule has 98 valence electrons. The number of carbonyl (C=O) groups is 1. The first-order chi connectivity index (χ1) is 9.08. The quantitative estimate of drug-likeness (QED) is 0.917. The maximum atomic E-state index is 11.2. The van der Waals surface area contributed by atoms with Gasteiger partial charge in [0.05, 0.1) is 10.7 Å². The summed E-state index contributed by atoms with van der Waals surface area (Å²) in [6.45, 7) is 1.97. The fourth-order valence-corrected chi connectivity index (χ4v) is 2.79. The summed E-state index contributed by atoms with van der Waals surface area (Å²) in [4.78, 5) is 11.2. The van der Waals surface area contributed by atoms with Crippen LogP contribution in [-0.2, 0) is 12.8 Å². The number of carboxylic acid groups (broad SMARTS) is 1. The van der Waals surface area contributed by atoms with Crippen LogP contribution in [0.25, 0.3) is 5.69 Å². The molecule has 1 aromatic heterocycles. The van der Waals surface area contributed by atoms with Crippen LogP contribution < -0.4 is 0 Å². The molecule has 0 atom stereocenters. The number of fused-ring (bicyclic) bond motifs is 1. The summed E-state index contributed by atoms with van der Waals surface area (Å²) < 4.78 is 1.70. The summed E-state index contributed by atoms with van der Waals surface area (Å²) in [6.07, 6.45) is 2.59. The van der Waals surface area contributed by atoms with Crippen molar-refractivity contribution < 1.29 is 9.90 Å². The van der Waals surface area contributed by atoms with Crippen LogP contribution in [0.15, 0.2) is 18.2 Å². The highest BCUT2D eigenvalue weighted by molar-refractivity contribution is 6.32. The van der Waals surface area contributed by atoms with Gasteiger partial charge >= 0.3 is 5.97 Å². The van der Waals surface area contributed by atoms with Crippen LogP contribution in [0.2, 0.25) is 5.02 Å². The van der Waals surface area contributed by atoms with Crippen LogP contribution in [-0.4, -0.2) is 20.9 Å². The third kappa shape index (κ3) is 1.92. The molecule has 1 heterocycles. The van der Waals surface area contributed by atoms with E-state index < -0.39 is 5.97 Å². The van der Waals surface area contributed by atoms with Crippen molar-refractivity contribution >= 4 is 17.6 Å². The minimum atomic E-state index is -0.972. The number of hydrogen-bond acceptors (Lipinski definition) is 2. The van der Waals surface area contributed by atoms with Crippen LogP contribution >= 0.6 is 11.6 Å². The Kier molecular flexibility index (Phi) is 2.82. The van der Waals surface area contributed by atoms with Crippen LogP contribution in [0.5, 0.6) is 0 Å². The van der Waals surface area contributed by atoms with Crippen molar-refractivity contribution in [1.29, 1.82) is 0 Å². The van der Waals surface area contributed by atoms with Gasteiger partial charge < -0.3 is 5.11 Å².